The van der Waals surface area contributed by atoms with E-state index in [1.807, 2.05) is 0 Å². The van der Waals surface area contributed by atoms with Crippen LogP contribution >= 0.6 is 0 Å². The quantitative estimate of drug-likeness (QED) is 0.331. The average Bonchev–Trinajstić information content (AvgIpc) is 2.91. The van der Waals surface area contributed by atoms with Crippen LogP contribution in [0.15, 0.2) is 73.4 Å². The Hall–Kier alpha value is -2.96. The maximum Gasteiger partial charge on any atom is 0.0733 e. The molecule has 0 amide bonds. The Morgan fingerprint density at radius 1 is 0.475 bits per heavy atom. The van der Waals surface area contributed by atoms with Gasteiger partial charge in [-0.1, -0.05) is 24.3 Å². The van der Waals surface area contributed by atoms with E-state index in [9.17, 15) is 0 Å². The van der Waals surface area contributed by atoms with Gasteiger partial charge in [0, 0.05) is 70.8 Å². The van der Waals surface area contributed by atoms with Crippen LogP contribution in [0.2, 0.25) is 0 Å². The summed E-state index contributed by atoms with van der Waals surface area (Å²) in [6.45, 7) is 15.5. The third-order valence-corrected chi connectivity index (χ3v) is 8.94. The van der Waals surface area contributed by atoms with Crippen molar-refractivity contribution in [2.24, 2.45) is 0 Å². The minimum Gasteiger partial charge on any atom is -1.00 e. The molecule has 0 radical (unpaired) electrons. The van der Waals surface area contributed by atoms with Crippen molar-refractivity contribution in [3.05, 3.63) is 94.2 Å². The van der Waals surface area contributed by atoms with E-state index in [4.69, 9.17) is 0 Å². The molecule has 6 heterocycles. The Labute approximate surface area is 258 Å². The Kier molecular flexibility index (Phi) is 7.47. The summed E-state index contributed by atoms with van der Waals surface area (Å²) < 4.78 is 0. The van der Waals surface area contributed by atoms with Gasteiger partial charge >= 0.3 is 0 Å². The number of rotatable bonds is 0. The monoisotopic (exact) mass is 658 g/mol. The molecule has 0 N–H and O–H groups in total. The molecule has 6 aliphatic rings. The van der Waals surface area contributed by atoms with Crippen LogP contribution < -0.4 is 74.4 Å². The fourth-order valence-corrected chi connectivity index (χ4v) is 6.77. The fraction of sp³-hybridized carbons (Fsp3) is 0.294. The highest BCUT2D eigenvalue weighted by atomic mass is 79.9. The van der Waals surface area contributed by atoms with Crippen molar-refractivity contribution in [1.82, 2.24) is 0 Å². The van der Waals surface area contributed by atoms with Crippen LogP contribution in [0.3, 0.4) is 0 Å². The Bertz CT molecular complexity index is 1650. The molecule has 0 saturated carbocycles. The number of hydrogen-bond acceptors (Lipinski definition) is 4. The van der Waals surface area contributed by atoms with Crippen LogP contribution in [0.4, 0.5) is 22.7 Å². The van der Waals surface area contributed by atoms with Gasteiger partial charge in [-0.25, -0.2) is 0 Å². The molecule has 0 fully saturated rings. The van der Waals surface area contributed by atoms with E-state index in [-0.39, 0.29) is 34.0 Å². The Morgan fingerprint density at radius 3 is 1.12 bits per heavy atom. The lowest BCUT2D eigenvalue weighted by Crippen LogP contribution is -3.00. The van der Waals surface area contributed by atoms with Gasteiger partial charge in [-0.3, -0.25) is 0 Å². The molecule has 40 heavy (non-hydrogen) atoms. The predicted octanol–water partition coefficient (Wildman–Crippen LogP) is -1.80. The molecule has 0 saturated heterocycles. The molecule has 2 unspecified atom stereocenters. The molecule has 6 aliphatic heterocycles. The number of anilines is 4. The van der Waals surface area contributed by atoms with Crippen molar-refractivity contribution in [1.29, 1.82) is 0 Å². The second-order valence-electron chi connectivity index (χ2n) is 11.5. The van der Waals surface area contributed by atoms with Crippen LogP contribution in [-0.2, 0) is 0 Å². The van der Waals surface area contributed by atoms with Crippen molar-refractivity contribution < 1.29 is 34.0 Å². The third-order valence-electron chi connectivity index (χ3n) is 8.94. The van der Waals surface area contributed by atoms with Gasteiger partial charge in [-0.05, 0) is 88.1 Å². The molecule has 0 aromatic heterocycles. The standard InChI is InChI=1S/2C17H18N2.2BrH/c2*1-11-6-8-18-10-13(3)19-9-7-12(2)15-5-4-14(11)16(18)17(15)19;;/h2*4-9,13H,10H2,1-3H3;2*1H/p-2. The summed E-state index contributed by atoms with van der Waals surface area (Å²) in [5, 5.41) is 5.50. The van der Waals surface area contributed by atoms with Gasteiger partial charge in [-0.15, -0.1) is 0 Å². The van der Waals surface area contributed by atoms with E-state index in [0.717, 1.165) is 13.1 Å². The van der Waals surface area contributed by atoms with Crippen LogP contribution in [0.25, 0.3) is 22.3 Å². The van der Waals surface area contributed by atoms with Gasteiger partial charge in [0.05, 0.1) is 22.7 Å². The zero-order valence-electron chi connectivity index (χ0n) is 24.0. The molecule has 4 nitrogen and oxygen atoms in total. The first-order valence-corrected chi connectivity index (χ1v) is 13.9. The minimum atomic E-state index is 0. The second kappa shape index (κ2) is 10.5. The van der Waals surface area contributed by atoms with Gasteiger partial charge in [-0.2, -0.15) is 0 Å². The van der Waals surface area contributed by atoms with Crippen LogP contribution in [-0.4, -0.2) is 25.2 Å². The first-order valence-electron chi connectivity index (χ1n) is 13.9. The summed E-state index contributed by atoms with van der Waals surface area (Å²) in [5.74, 6) is 0. The topological polar surface area (TPSA) is 13.0 Å². The smallest absolute Gasteiger partial charge is 0.0733 e. The molecular weight excluding hydrogens is 624 g/mol. The summed E-state index contributed by atoms with van der Waals surface area (Å²) in [7, 11) is 0. The summed E-state index contributed by atoms with van der Waals surface area (Å²) >= 11 is 0. The molecule has 0 aliphatic carbocycles. The van der Waals surface area contributed by atoms with Gasteiger partial charge in [0.2, 0.25) is 0 Å². The summed E-state index contributed by atoms with van der Waals surface area (Å²) in [5.41, 5.74) is 11.0. The van der Waals surface area contributed by atoms with Gasteiger partial charge in [0.15, 0.2) is 0 Å². The molecule has 0 bridgehead atoms. The van der Waals surface area contributed by atoms with Gasteiger partial charge in [0.1, 0.15) is 0 Å². The van der Waals surface area contributed by atoms with E-state index in [0.29, 0.717) is 12.1 Å². The maximum absolute atomic E-state index is 2.43. The molecule has 2 atom stereocenters. The summed E-state index contributed by atoms with van der Waals surface area (Å²) in [4.78, 5) is 9.69. The summed E-state index contributed by atoms with van der Waals surface area (Å²) in [6, 6.07) is 10.1. The van der Waals surface area contributed by atoms with Crippen molar-refractivity contribution in [3.63, 3.8) is 0 Å². The third kappa shape index (κ3) is 4.14. The van der Waals surface area contributed by atoms with E-state index in [1.54, 1.807) is 0 Å². The SMILES string of the molecule is CC1=c2ccc3c4c2N(C=C1)CC(C)N4C=CC=3C.CC1=c2ccc3c4c2N(C=C1)CC(C)N4C=CC=3C.[Br-].[Br-]. The normalized spacial score (nSPS) is 21.9. The zero-order chi connectivity index (χ0) is 26.3. The highest BCUT2D eigenvalue weighted by molar-refractivity contribution is 5.87. The molecule has 0 spiro atoms. The number of nitrogens with zero attached hydrogens (tertiary/aromatic N) is 4. The van der Waals surface area contributed by atoms with Crippen molar-refractivity contribution >= 4 is 45.0 Å². The molecule has 2 aromatic carbocycles. The van der Waals surface area contributed by atoms with E-state index in [1.165, 1.54) is 65.9 Å². The zero-order valence-corrected chi connectivity index (χ0v) is 27.2. The lowest BCUT2D eigenvalue weighted by atomic mass is 9.96. The maximum atomic E-state index is 2.43. The average molecular weight is 660 g/mol. The number of halogens is 2. The van der Waals surface area contributed by atoms with Crippen molar-refractivity contribution in [3.8, 4) is 0 Å². The second-order valence-corrected chi connectivity index (χ2v) is 11.5. The van der Waals surface area contributed by atoms with Crippen LogP contribution in [0.5, 0.6) is 0 Å². The van der Waals surface area contributed by atoms with Crippen LogP contribution in [0.1, 0.15) is 41.5 Å². The van der Waals surface area contributed by atoms with E-state index >= 15 is 0 Å². The lowest BCUT2D eigenvalue weighted by Gasteiger charge is -2.43. The van der Waals surface area contributed by atoms with Gasteiger partial charge in [0.25, 0.3) is 0 Å². The number of allylic oxidation sites excluding steroid dienone is 4. The first-order chi connectivity index (χ1) is 18.3. The molecule has 2 aromatic rings. The molecule has 8 rings (SSSR count). The number of hydrogen-bond donors (Lipinski definition) is 0. The van der Waals surface area contributed by atoms with Crippen molar-refractivity contribution in [2.75, 3.05) is 32.7 Å². The first kappa shape index (κ1) is 28.6. The highest BCUT2D eigenvalue weighted by Gasteiger charge is 2.31. The minimum absolute atomic E-state index is 0. The van der Waals surface area contributed by atoms with E-state index in [2.05, 4.69) is 135 Å². The Balaban J connectivity index is 0.000000154. The van der Waals surface area contributed by atoms with Gasteiger partial charge < -0.3 is 53.6 Å². The largest absolute Gasteiger partial charge is 1.00 e. The lowest BCUT2D eigenvalue weighted by molar-refractivity contribution is -0.00100. The number of benzene rings is 2. The molecule has 6 heteroatoms. The van der Waals surface area contributed by atoms with Crippen molar-refractivity contribution in [2.45, 2.75) is 53.6 Å². The fourth-order valence-electron chi connectivity index (χ4n) is 6.77. The molecule has 208 valence electrons. The summed E-state index contributed by atoms with van der Waals surface area (Å²) in [6.07, 6.45) is 17.9. The Morgan fingerprint density at radius 2 is 0.775 bits per heavy atom. The highest BCUT2D eigenvalue weighted by Crippen LogP contribution is 2.35. The predicted molar refractivity (Wildman–Crippen MR) is 163 cm³/mol. The van der Waals surface area contributed by atoms with E-state index < -0.39 is 0 Å². The molecular formula is C34H36Br2N4-2. The van der Waals surface area contributed by atoms with Crippen LogP contribution in [0, 0.1) is 0 Å².